The number of aromatic nitrogens is 1. The van der Waals surface area contributed by atoms with Gasteiger partial charge in [0.15, 0.2) is 4.80 Å². The predicted octanol–water partition coefficient (Wildman–Crippen LogP) is 3.84. The summed E-state index contributed by atoms with van der Waals surface area (Å²) in [5.74, 6) is -1.05. The zero-order valence-electron chi connectivity index (χ0n) is 21.6. The van der Waals surface area contributed by atoms with Gasteiger partial charge in [0.25, 0.3) is 11.2 Å². The van der Waals surface area contributed by atoms with Gasteiger partial charge in [0.05, 0.1) is 33.4 Å². The largest absolute Gasteiger partial charge is 0.463 e. The molecule has 0 aliphatic carbocycles. The molecule has 0 bridgehead atoms. The molecule has 1 saturated heterocycles. The molecule has 0 amide bonds. The van der Waals surface area contributed by atoms with Gasteiger partial charge < -0.3 is 9.64 Å². The Labute approximate surface area is 227 Å². The van der Waals surface area contributed by atoms with Crippen LogP contribution in [0.25, 0.3) is 6.08 Å². The molecule has 1 atom stereocenters. The second-order valence-corrected chi connectivity index (χ2v) is 10.4. The molecule has 1 fully saturated rings. The van der Waals surface area contributed by atoms with Crippen LogP contribution in [-0.2, 0) is 9.53 Å². The maximum atomic E-state index is 13.9. The average Bonchev–Trinajstić information content (AvgIpc) is 3.23. The van der Waals surface area contributed by atoms with Crippen molar-refractivity contribution in [3.05, 3.63) is 100 Å². The predicted molar refractivity (Wildman–Crippen MR) is 146 cm³/mol. The molecular formula is C28H27FN4O5S. The van der Waals surface area contributed by atoms with Crippen LogP contribution in [0.2, 0.25) is 0 Å². The van der Waals surface area contributed by atoms with Crippen LogP contribution in [0.1, 0.15) is 50.3 Å². The Balaban J connectivity index is 1.71. The molecule has 5 rings (SSSR count). The summed E-state index contributed by atoms with van der Waals surface area (Å²) in [5, 5.41) is 11.6. The molecule has 1 aromatic heterocycles. The standard InChI is InChI=1S/C28H27FN4O5S/c1-3-38-27(35)24-17(2)30-28-32(25(24)18-7-9-20(29)10-8-18)26(34)23(39-28)16-19-15-21(33(36)37)11-12-22(19)31-13-5-4-6-14-31/h7-12,15-16,25H,3-6,13-14H2,1-2H3/t25-/m0/s1. The molecule has 9 nitrogen and oxygen atoms in total. The van der Waals surface area contributed by atoms with Crippen LogP contribution in [0.4, 0.5) is 15.8 Å². The number of halogens is 1. The Morgan fingerprint density at radius 2 is 1.92 bits per heavy atom. The second-order valence-electron chi connectivity index (χ2n) is 9.40. The van der Waals surface area contributed by atoms with E-state index in [1.165, 1.54) is 41.0 Å². The zero-order valence-corrected chi connectivity index (χ0v) is 22.4. The molecule has 3 heterocycles. The molecule has 0 radical (unpaired) electrons. The number of allylic oxidation sites excluding steroid dienone is 1. The highest BCUT2D eigenvalue weighted by molar-refractivity contribution is 7.07. The number of ether oxygens (including phenoxy) is 1. The highest BCUT2D eigenvalue weighted by Crippen LogP contribution is 2.31. The number of piperidine rings is 1. The number of nitro benzene ring substituents is 1. The number of hydrogen-bond donors (Lipinski definition) is 0. The van der Waals surface area contributed by atoms with Gasteiger partial charge in [-0.3, -0.25) is 19.5 Å². The van der Waals surface area contributed by atoms with E-state index in [0.29, 0.717) is 26.2 Å². The van der Waals surface area contributed by atoms with E-state index in [-0.39, 0.29) is 17.9 Å². The van der Waals surface area contributed by atoms with Crippen molar-refractivity contribution in [2.24, 2.45) is 4.99 Å². The molecule has 0 spiro atoms. The minimum Gasteiger partial charge on any atom is -0.463 e. The number of nitro groups is 1. The maximum absolute atomic E-state index is 13.9. The van der Waals surface area contributed by atoms with Crippen LogP contribution in [0.15, 0.2) is 63.5 Å². The van der Waals surface area contributed by atoms with Gasteiger partial charge in [0.2, 0.25) is 0 Å². The normalized spacial score (nSPS) is 17.6. The third-order valence-corrected chi connectivity index (χ3v) is 7.89. The minimum absolute atomic E-state index is 0.0700. The molecule has 0 unspecified atom stereocenters. The van der Waals surface area contributed by atoms with E-state index in [9.17, 15) is 24.1 Å². The summed E-state index contributed by atoms with van der Waals surface area (Å²) in [6.07, 6.45) is 4.83. The molecule has 2 aliphatic rings. The van der Waals surface area contributed by atoms with E-state index in [1.54, 1.807) is 26.0 Å². The highest BCUT2D eigenvalue weighted by Gasteiger charge is 2.33. The van der Waals surface area contributed by atoms with Gasteiger partial charge >= 0.3 is 5.97 Å². The number of rotatable bonds is 6. The maximum Gasteiger partial charge on any atom is 0.338 e. The monoisotopic (exact) mass is 550 g/mol. The Bertz CT molecular complexity index is 1650. The van der Waals surface area contributed by atoms with E-state index in [2.05, 4.69) is 9.89 Å². The number of non-ortho nitro benzene ring substituents is 1. The molecule has 0 saturated carbocycles. The van der Waals surface area contributed by atoms with Gasteiger partial charge in [0, 0.05) is 36.5 Å². The van der Waals surface area contributed by atoms with Crippen LogP contribution in [0.3, 0.4) is 0 Å². The lowest BCUT2D eigenvalue weighted by atomic mass is 9.96. The molecule has 2 aromatic carbocycles. The van der Waals surface area contributed by atoms with Crippen molar-refractivity contribution in [1.29, 1.82) is 0 Å². The van der Waals surface area contributed by atoms with Crippen LogP contribution in [0, 0.1) is 15.9 Å². The first-order chi connectivity index (χ1) is 18.8. The average molecular weight is 551 g/mol. The number of carbonyl (C=O) groups is 1. The van der Waals surface area contributed by atoms with E-state index < -0.39 is 28.3 Å². The SMILES string of the molecule is CCOC(=O)C1=C(C)N=c2sc(=Cc3cc([N+](=O)[O-])ccc3N3CCCCC3)c(=O)n2[C@H]1c1ccc(F)cc1. The van der Waals surface area contributed by atoms with Crippen LogP contribution >= 0.6 is 11.3 Å². The molecule has 11 heteroatoms. The van der Waals surface area contributed by atoms with E-state index in [1.807, 2.05) is 0 Å². The van der Waals surface area contributed by atoms with Crippen LogP contribution in [0.5, 0.6) is 0 Å². The van der Waals surface area contributed by atoms with Crippen molar-refractivity contribution >= 4 is 34.8 Å². The van der Waals surface area contributed by atoms with E-state index in [4.69, 9.17) is 4.74 Å². The van der Waals surface area contributed by atoms with Crippen molar-refractivity contribution in [1.82, 2.24) is 4.57 Å². The summed E-state index contributed by atoms with van der Waals surface area (Å²) in [6.45, 7) is 5.16. The number of fused-ring (bicyclic) bond motifs is 1. The summed E-state index contributed by atoms with van der Waals surface area (Å²) >= 11 is 1.14. The van der Waals surface area contributed by atoms with Crippen molar-refractivity contribution in [2.45, 2.75) is 39.2 Å². The number of carbonyl (C=O) groups excluding carboxylic acids is 1. The molecule has 0 N–H and O–H groups in total. The summed E-state index contributed by atoms with van der Waals surface area (Å²) in [5.41, 5.74) is 2.05. The lowest BCUT2D eigenvalue weighted by Crippen LogP contribution is -2.40. The molecule has 2 aliphatic heterocycles. The summed E-state index contributed by atoms with van der Waals surface area (Å²) in [7, 11) is 0. The lowest BCUT2D eigenvalue weighted by Gasteiger charge is -2.30. The summed E-state index contributed by atoms with van der Waals surface area (Å²) in [4.78, 5) is 45.1. The minimum atomic E-state index is -0.866. The Morgan fingerprint density at radius 3 is 2.59 bits per heavy atom. The third-order valence-electron chi connectivity index (χ3n) is 6.91. The fourth-order valence-corrected chi connectivity index (χ4v) is 6.12. The highest BCUT2D eigenvalue weighted by atomic mass is 32.1. The molecule has 202 valence electrons. The zero-order chi connectivity index (χ0) is 27.7. The van der Waals surface area contributed by atoms with Crippen molar-refractivity contribution in [3.63, 3.8) is 0 Å². The first-order valence-corrected chi connectivity index (χ1v) is 13.6. The van der Waals surface area contributed by atoms with Gasteiger partial charge in [0.1, 0.15) is 5.82 Å². The smallest absolute Gasteiger partial charge is 0.338 e. The molecule has 3 aromatic rings. The van der Waals surface area contributed by atoms with Crippen molar-refractivity contribution in [3.8, 4) is 0 Å². The lowest BCUT2D eigenvalue weighted by molar-refractivity contribution is -0.384. The number of nitrogens with zero attached hydrogens (tertiary/aromatic N) is 4. The topological polar surface area (TPSA) is 107 Å². The van der Waals surface area contributed by atoms with E-state index >= 15 is 0 Å². The van der Waals surface area contributed by atoms with Crippen molar-refractivity contribution in [2.75, 3.05) is 24.6 Å². The van der Waals surface area contributed by atoms with Gasteiger partial charge in [-0.25, -0.2) is 14.2 Å². The number of anilines is 1. The number of esters is 1. The number of thiazole rings is 1. The second kappa shape index (κ2) is 10.9. The number of benzene rings is 2. The fraction of sp³-hybridized carbons (Fsp3) is 0.321. The van der Waals surface area contributed by atoms with E-state index in [0.717, 1.165) is 49.4 Å². The van der Waals surface area contributed by atoms with Crippen LogP contribution < -0.4 is 19.8 Å². The molecular weight excluding hydrogens is 523 g/mol. The van der Waals surface area contributed by atoms with Gasteiger partial charge in [-0.2, -0.15) is 0 Å². The van der Waals surface area contributed by atoms with Gasteiger partial charge in [-0.05, 0) is 62.9 Å². The van der Waals surface area contributed by atoms with Gasteiger partial charge in [-0.1, -0.05) is 23.5 Å². The Kier molecular flexibility index (Phi) is 7.42. The Hall–Kier alpha value is -4.12. The van der Waals surface area contributed by atoms with Crippen molar-refractivity contribution < 1.29 is 18.8 Å². The summed E-state index contributed by atoms with van der Waals surface area (Å²) < 4.78 is 20.8. The van der Waals surface area contributed by atoms with Gasteiger partial charge in [-0.15, -0.1) is 0 Å². The Morgan fingerprint density at radius 1 is 1.21 bits per heavy atom. The third kappa shape index (κ3) is 5.14. The quantitative estimate of drug-likeness (QED) is 0.262. The fourth-order valence-electron chi connectivity index (χ4n) is 5.09. The first-order valence-electron chi connectivity index (χ1n) is 12.8. The molecule has 39 heavy (non-hydrogen) atoms. The number of hydrogen-bond acceptors (Lipinski definition) is 8. The summed E-state index contributed by atoms with van der Waals surface area (Å²) in [6, 6.07) is 9.44. The van der Waals surface area contributed by atoms with Crippen LogP contribution in [-0.4, -0.2) is 35.2 Å². The first kappa shape index (κ1) is 26.5.